The number of nitrogens with zero attached hydrogens (tertiary/aromatic N) is 1. The van der Waals surface area contributed by atoms with Gasteiger partial charge in [-0.25, -0.2) is 0 Å². The molecule has 0 aromatic rings. The fraction of sp³-hybridized carbons (Fsp3) is 0.929. The lowest BCUT2D eigenvalue weighted by Gasteiger charge is -2.27. The number of carbonyl (C=O) groups is 2. The van der Waals surface area contributed by atoms with Crippen LogP contribution >= 0.6 is 0 Å². The third-order valence-electron chi connectivity index (χ3n) is 6.85. The molecule has 2 atom stereocenters. The van der Waals surface area contributed by atoms with Crippen molar-refractivity contribution >= 4 is 11.8 Å². The number of unbranched alkanes of at least 4 members (excludes halogenated alkanes) is 16. The number of primary amides is 1. The first kappa shape index (κ1) is 30.9. The molecule has 0 aromatic heterocycles. The molecule has 2 N–H and O–H groups in total. The Morgan fingerprint density at radius 2 is 0.875 bits per heavy atom. The molecular formula is C28H56N2O2. The van der Waals surface area contributed by atoms with E-state index in [4.69, 9.17) is 5.73 Å². The summed E-state index contributed by atoms with van der Waals surface area (Å²) in [7, 11) is 3.59. The van der Waals surface area contributed by atoms with Gasteiger partial charge in [0.2, 0.25) is 11.8 Å². The zero-order valence-corrected chi connectivity index (χ0v) is 22.1. The topological polar surface area (TPSA) is 63.4 Å². The summed E-state index contributed by atoms with van der Waals surface area (Å²) in [5.74, 6) is -0.783. The Hall–Kier alpha value is -1.06. The van der Waals surface area contributed by atoms with E-state index in [0.29, 0.717) is 0 Å². The summed E-state index contributed by atoms with van der Waals surface area (Å²) < 4.78 is 0. The Bertz CT molecular complexity index is 451. The Morgan fingerprint density at radius 3 is 1.19 bits per heavy atom. The summed E-state index contributed by atoms with van der Waals surface area (Å²) in [6.07, 6.45) is 24.2. The minimum Gasteiger partial charge on any atom is -0.369 e. The predicted molar refractivity (Wildman–Crippen MR) is 139 cm³/mol. The minimum absolute atomic E-state index is 0.0734. The molecule has 32 heavy (non-hydrogen) atoms. The first-order valence-electron chi connectivity index (χ1n) is 14.0. The molecular weight excluding hydrogens is 396 g/mol. The van der Waals surface area contributed by atoms with Crippen molar-refractivity contribution in [1.29, 1.82) is 0 Å². The second-order valence-electron chi connectivity index (χ2n) is 10.1. The zero-order chi connectivity index (χ0) is 24.0. The SMILES string of the molecule is CCCCCCCCCCCCC(C(=O)N(C)C)C(CCCCCCCCCC)C(N)=O. The van der Waals surface area contributed by atoms with Crippen molar-refractivity contribution < 1.29 is 9.59 Å². The van der Waals surface area contributed by atoms with Gasteiger partial charge in [-0.1, -0.05) is 129 Å². The predicted octanol–water partition coefficient (Wildman–Crippen LogP) is 7.63. The average Bonchev–Trinajstić information content (AvgIpc) is 2.76. The van der Waals surface area contributed by atoms with Gasteiger partial charge in [0.15, 0.2) is 0 Å². The highest BCUT2D eigenvalue weighted by atomic mass is 16.2. The van der Waals surface area contributed by atoms with Crippen LogP contribution in [0.1, 0.15) is 142 Å². The molecule has 190 valence electrons. The van der Waals surface area contributed by atoms with Crippen LogP contribution in [0, 0.1) is 11.8 Å². The number of hydrogen-bond donors (Lipinski definition) is 1. The molecule has 0 heterocycles. The van der Waals surface area contributed by atoms with Gasteiger partial charge in [-0.3, -0.25) is 9.59 Å². The fourth-order valence-electron chi connectivity index (χ4n) is 4.72. The molecule has 0 bridgehead atoms. The normalized spacial score (nSPS) is 13.1. The summed E-state index contributed by atoms with van der Waals surface area (Å²) in [5.41, 5.74) is 5.78. The summed E-state index contributed by atoms with van der Waals surface area (Å²) in [6.45, 7) is 4.50. The van der Waals surface area contributed by atoms with Crippen molar-refractivity contribution in [3.63, 3.8) is 0 Å². The van der Waals surface area contributed by atoms with E-state index in [2.05, 4.69) is 13.8 Å². The third-order valence-corrected chi connectivity index (χ3v) is 6.85. The minimum atomic E-state index is -0.316. The molecule has 0 saturated carbocycles. The lowest BCUT2D eigenvalue weighted by atomic mass is 9.82. The molecule has 0 fully saturated rings. The Morgan fingerprint density at radius 1 is 0.562 bits per heavy atom. The van der Waals surface area contributed by atoms with E-state index in [0.717, 1.165) is 38.5 Å². The van der Waals surface area contributed by atoms with E-state index in [-0.39, 0.29) is 23.7 Å². The Kier molecular flexibility index (Phi) is 21.0. The highest BCUT2D eigenvalue weighted by Gasteiger charge is 2.32. The van der Waals surface area contributed by atoms with Crippen molar-refractivity contribution in [2.45, 2.75) is 142 Å². The summed E-state index contributed by atoms with van der Waals surface area (Å²) in [6, 6.07) is 0. The van der Waals surface area contributed by atoms with Crippen molar-refractivity contribution in [2.75, 3.05) is 14.1 Å². The third kappa shape index (κ3) is 16.6. The van der Waals surface area contributed by atoms with E-state index in [1.165, 1.54) is 89.9 Å². The molecule has 2 unspecified atom stereocenters. The van der Waals surface area contributed by atoms with E-state index < -0.39 is 0 Å². The summed E-state index contributed by atoms with van der Waals surface area (Å²) >= 11 is 0. The first-order valence-corrected chi connectivity index (χ1v) is 14.0. The average molecular weight is 453 g/mol. The lowest BCUT2D eigenvalue weighted by Crippen LogP contribution is -2.40. The van der Waals surface area contributed by atoms with Crippen molar-refractivity contribution in [1.82, 2.24) is 4.90 Å². The van der Waals surface area contributed by atoms with Crippen LogP contribution in [0.25, 0.3) is 0 Å². The molecule has 4 nitrogen and oxygen atoms in total. The smallest absolute Gasteiger partial charge is 0.225 e. The molecule has 0 aliphatic rings. The fourth-order valence-corrected chi connectivity index (χ4v) is 4.72. The molecule has 0 saturated heterocycles. The van der Waals surface area contributed by atoms with Gasteiger partial charge in [0.05, 0.1) is 0 Å². The molecule has 0 radical (unpaired) electrons. The van der Waals surface area contributed by atoms with E-state index in [9.17, 15) is 9.59 Å². The van der Waals surface area contributed by atoms with E-state index in [1.54, 1.807) is 19.0 Å². The maximum atomic E-state index is 12.8. The highest BCUT2D eigenvalue weighted by molar-refractivity contribution is 5.86. The van der Waals surface area contributed by atoms with Crippen molar-refractivity contribution in [3.05, 3.63) is 0 Å². The Balaban J connectivity index is 4.31. The number of nitrogens with two attached hydrogens (primary N) is 1. The number of hydrogen-bond acceptors (Lipinski definition) is 2. The highest BCUT2D eigenvalue weighted by Crippen LogP contribution is 2.27. The van der Waals surface area contributed by atoms with Gasteiger partial charge in [0.1, 0.15) is 0 Å². The largest absolute Gasteiger partial charge is 0.369 e. The van der Waals surface area contributed by atoms with Crippen molar-refractivity contribution in [2.24, 2.45) is 17.6 Å². The standard InChI is InChI=1S/C28H56N2O2/c1-5-7-9-11-13-15-16-18-20-22-24-26(28(32)30(3)4)25(27(29)31)23-21-19-17-14-12-10-8-6-2/h25-26H,5-24H2,1-4H3,(H2,29,31). The summed E-state index contributed by atoms with van der Waals surface area (Å²) in [4.78, 5) is 26.7. The van der Waals surface area contributed by atoms with Gasteiger partial charge in [-0.2, -0.15) is 0 Å². The second kappa shape index (κ2) is 21.8. The zero-order valence-electron chi connectivity index (χ0n) is 22.1. The number of rotatable bonds is 23. The molecule has 2 amide bonds. The molecule has 4 heteroatoms. The van der Waals surface area contributed by atoms with Gasteiger partial charge in [0, 0.05) is 25.9 Å². The van der Waals surface area contributed by atoms with Crippen LogP contribution < -0.4 is 5.73 Å². The van der Waals surface area contributed by atoms with Crippen LogP contribution in [0.2, 0.25) is 0 Å². The maximum absolute atomic E-state index is 12.8. The van der Waals surface area contributed by atoms with Crippen LogP contribution in [-0.2, 0) is 9.59 Å². The molecule has 0 aliphatic heterocycles. The number of carbonyl (C=O) groups excluding carboxylic acids is 2. The van der Waals surface area contributed by atoms with Gasteiger partial charge >= 0.3 is 0 Å². The second-order valence-corrected chi connectivity index (χ2v) is 10.1. The number of amides is 2. The molecule has 0 rings (SSSR count). The molecule has 0 aliphatic carbocycles. The molecule has 0 spiro atoms. The van der Waals surface area contributed by atoms with Gasteiger partial charge in [0.25, 0.3) is 0 Å². The van der Waals surface area contributed by atoms with Gasteiger partial charge < -0.3 is 10.6 Å². The van der Waals surface area contributed by atoms with Crippen LogP contribution in [0.15, 0.2) is 0 Å². The van der Waals surface area contributed by atoms with E-state index in [1.807, 2.05) is 0 Å². The quantitative estimate of drug-likeness (QED) is 0.162. The van der Waals surface area contributed by atoms with Crippen LogP contribution in [-0.4, -0.2) is 30.8 Å². The Labute approximate surface area is 200 Å². The van der Waals surface area contributed by atoms with Crippen LogP contribution in [0.5, 0.6) is 0 Å². The summed E-state index contributed by atoms with van der Waals surface area (Å²) in [5, 5.41) is 0. The monoisotopic (exact) mass is 452 g/mol. The van der Waals surface area contributed by atoms with Crippen molar-refractivity contribution in [3.8, 4) is 0 Å². The van der Waals surface area contributed by atoms with Crippen LogP contribution in [0.3, 0.4) is 0 Å². The first-order chi connectivity index (χ1) is 15.5. The van der Waals surface area contributed by atoms with Gasteiger partial charge in [-0.15, -0.1) is 0 Å². The maximum Gasteiger partial charge on any atom is 0.225 e. The van der Waals surface area contributed by atoms with E-state index >= 15 is 0 Å². The van der Waals surface area contributed by atoms with Crippen LogP contribution in [0.4, 0.5) is 0 Å². The lowest BCUT2D eigenvalue weighted by molar-refractivity contribution is -0.139. The van der Waals surface area contributed by atoms with Gasteiger partial charge in [-0.05, 0) is 12.8 Å². The molecule has 0 aromatic carbocycles.